The summed E-state index contributed by atoms with van der Waals surface area (Å²) in [4.78, 5) is 77.4. The van der Waals surface area contributed by atoms with Gasteiger partial charge in [-0.15, -0.1) is 0 Å². The minimum atomic E-state index is -1.81. The zero-order chi connectivity index (χ0) is 25.3. The molecule has 4 rings (SSSR count). The van der Waals surface area contributed by atoms with Crippen LogP contribution in [0.2, 0.25) is 0 Å². The SMILES string of the molecule is COC(=O)C1=C(C(=O)OC)[C@H]2[C@@H]1C1(C(=O)OC)[C@H]3C(C(=O)OC)=C(C(=O)OC)[C@H]3C21C(=O)OC. The Morgan fingerprint density at radius 2 is 0.647 bits per heavy atom. The fourth-order valence-electron chi connectivity index (χ4n) is 6.90. The monoisotopic (exact) mass is 478 g/mol. The Hall–Kier alpha value is -3.70. The van der Waals surface area contributed by atoms with E-state index in [1.54, 1.807) is 0 Å². The number of fused-ring (bicyclic) bond motifs is 7. The predicted octanol–water partition coefficient (Wildman–Crippen LogP) is -0.890. The second-order valence-electron chi connectivity index (χ2n) is 8.25. The van der Waals surface area contributed by atoms with Gasteiger partial charge in [-0.05, 0) is 0 Å². The molecule has 0 aromatic carbocycles. The van der Waals surface area contributed by atoms with E-state index in [2.05, 4.69) is 0 Å². The van der Waals surface area contributed by atoms with Crippen molar-refractivity contribution in [1.29, 1.82) is 0 Å². The number of hydrogen-bond donors (Lipinski definition) is 0. The number of carbonyl (C=O) groups excluding carboxylic acids is 6. The molecule has 4 aliphatic carbocycles. The number of methoxy groups -OCH3 is 6. The summed E-state index contributed by atoms with van der Waals surface area (Å²) in [6.07, 6.45) is 0. The van der Waals surface area contributed by atoms with Crippen LogP contribution >= 0.6 is 0 Å². The van der Waals surface area contributed by atoms with E-state index < -0.39 is 70.3 Å². The lowest BCUT2D eigenvalue weighted by Gasteiger charge is -2.84. The summed E-state index contributed by atoms with van der Waals surface area (Å²) in [7, 11) is 6.55. The molecule has 0 heterocycles. The second kappa shape index (κ2) is 7.40. The Morgan fingerprint density at radius 3 is 0.794 bits per heavy atom. The summed E-state index contributed by atoms with van der Waals surface area (Å²) in [6, 6.07) is 0. The van der Waals surface area contributed by atoms with Crippen LogP contribution in [0.15, 0.2) is 22.3 Å². The summed E-state index contributed by atoms with van der Waals surface area (Å²) >= 11 is 0. The van der Waals surface area contributed by atoms with Gasteiger partial charge in [0.1, 0.15) is 10.8 Å². The Bertz CT molecular complexity index is 973. The van der Waals surface area contributed by atoms with Gasteiger partial charge < -0.3 is 28.4 Å². The summed E-state index contributed by atoms with van der Waals surface area (Å²) in [5.74, 6) is -9.52. The quantitative estimate of drug-likeness (QED) is 0.343. The average molecular weight is 478 g/mol. The molecule has 0 N–H and O–H groups in total. The molecule has 0 aromatic heterocycles. The van der Waals surface area contributed by atoms with Gasteiger partial charge in [-0.3, -0.25) is 9.59 Å². The third-order valence-corrected chi connectivity index (χ3v) is 7.81. The molecule has 34 heavy (non-hydrogen) atoms. The summed E-state index contributed by atoms with van der Waals surface area (Å²) < 4.78 is 29.4. The van der Waals surface area contributed by atoms with Crippen LogP contribution in [-0.4, -0.2) is 78.5 Å². The number of carbonyl (C=O) groups is 6. The van der Waals surface area contributed by atoms with Crippen molar-refractivity contribution in [2.45, 2.75) is 0 Å². The lowest BCUT2D eigenvalue weighted by molar-refractivity contribution is -0.330. The average Bonchev–Trinajstić information content (AvgIpc) is 2.83. The van der Waals surface area contributed by atoms with Crippen molar-refractivity contribution in [1.82, 2.24) is 0 Å². The summed E-state index contributed by atoms with van der Waals surface area (Å²) in [6.45, 7) is 0. The molecule has 0 amide bonds. The van der Waals surface area contributed by atoms with Gasteiger partial charge in [-0.1, -0.05) is 0 Å². The predicted molar refractivity (Wildman–Crippen MR) is 105 cm³/mol. The first-order valence-corrected chi connectivity index (χ1v) is 10.1. The van der Waals surface area contributed by atoms with Crippen molar-refractivity contribution in [3.63, 3.8) is 0 Å². The van der Waals surface area contributed by atoms with Crippen LogP contribution in [0.25, 0.3) is 0 Å². The van der Waals surface area contributed by atoms with Gasteiger partial charge in [0.2, 0.25) is 0 Å². The molecule has 4 aliphatic rings. The van der Waals surface area contributed by atoms with E-state index in [9.17, 15) is 28.8 Å². The van der Waals surface area contributed by atoms with Crippen molar-refractivity contribution in [2.24, 2.45) is 34.5 Å². The van der Waals surface area contributed by atoms with Gasteiger partial charge in [-0.2, -0.15) is 0 Å². The molecule has 2 fully saturated rings. The van der Waals surface area contributed by atoms with Crippen molar-refractivity contribution < 1.29 is 57.2 Å². The highest BCUT2D eigenvalue weighted by atomic mass is 16.5. The van der Waals surface area contributed by atoms with Gasteiger partial charge in [0.25, 0.3) is 0 Å². The Morgan fingerprint density at radius 1 is 0.441 bits per heavy atom. The maximum atomic E-state index is 13.4. The number of rotatable bonds is 6. The number of esters is 6. The van der Waals surface area contributed by atoms with E-state index in [0.29, 0.717) is 0 Å². The summed E-state index contributed by atoms with van der Waals surface area (Å²) in [5.41, 5.74) is -4.24. The van der Waals surface area contributed by atoms with Gasteiger partial charge in [0.05, 0.1) is 65.0 Å². The normalized spacial score (nSPS) is 33.7. The molecule has 0 aliphatic heterocycles. The molecule has 0 bridgehead atoms. The van der Waals surface area contributed by atoms with Crippen LogP contribution in [0.5, 0.6) is 0 Å². The first-order chi connectivity index (χ1) is 16.1. The fourth-order valence-corrected chi connectivity index (χ4v) is 6.90. The van der Waals surface area contributed by atoms with Crippen molar-refractivity contribution in [3.05, 3.63) is 22.3 Å². The molecule has 2 unspecified atom stereocenters. The Labute approximate surface area is 193 Å². The minimum Gasteiger partial charge on any atom is -0.469 e. The van der Waals surface area contributed by atoms with Crippen LogP contribution in [0, 0.1) is 34.5 Å². The smallest absolute Gasteiger partial charge is 0.334 e. The third-order valence-electron chi connectivity index (χ3n) is 7.81. The van der Waals surface area contributed by atoms with Crippen molar-refractivity contribution in [2.75, 3.05) is 42.7 Å². The number of hydrogen-bond acceptors (Lipinski definition) is 12. The zero-order valence-corrected chi connectivity index (χ0v) is 19.2. The van der Waals surface area contributed by atoms with Crippen LogP contribution in [0.1, 0.15) is 0 Å². The van der Waals surface area contributed by atoms with Gasteiger partial charge in [0.15, 0.2) is 0 Å². The molecule has 12 heteroatoms. The van der Waals surface area contributed by atoms with E-state index in [1.165, 1.54) is 0 Å². The minimum absolute atomic E-state index is 0.154. The third kappa shape index (κ3) is 2.06. The highest BCUT2D eigenvalue weighted by Crippen LogP contribution is 2.92. The number of ether oxygens (including phenoxy) is 6. The maximum Gasteiger partial charge on any atom is 0.334 e. The van der Waals surface area contributed by atoms with Crippen molar-refractivity contribution >= 4 is 35.8 Å². The second-order valence-corrected chi connectivity index (χ2v) is 8.25. The lowest BCUT2D eigenvalue weighted by atomic mass is 9.13. The highest BCUT2D eigenvalue weighted by Gasteiger charge is 3.00. The first kappa shape index (κ1) is 23.5. The van der Waals surface area contributed by atoms with Gasteiger partial charge in [0, 0.05) is 23.7 Å². The van der Waals surface area contributed by atoms with Crippen LogP contribution < -0.4 is 0 Å². The maximum absolute atomic E-state index is 13.4. The molecule has 0 aromatic rings. The fraction of sp³-hybridized carbons (Fsp3) is 0.545. The van der Waals surface area contributed by atoms with E-state index in [4.69, 9.17) is 28.4 Å². The van der Waals surface area contributed by atoms with Crippen LogP contribution in [-0.2, 0) is 57.2 Å². The molecule has 0 saturated heterocycles. The van der Waals surface area contributed by atoms with E-state index in [0.717, 1.165) is 42.7 Å². The molecular weight excluding hydrogens is 456 g/mol. The first-order valence-electron chi connectivity index (χ1n) is 10.1. The zero-order valence-electron chi connectivity index (χ0n) is 19.2. The molecule has 182 valence electrons. The van der Waals surface area contributed by atoms with Crippen LogP contribution in [0.4, 0.5) is 0 Å². The van der Waals surface area contributed by atoms with E-state index >= 15 is 0 Å². The molecule has 0 spiro atoms. The van der Waals surface area contributed by atoms with Gasteiger partial charge >= 0.3 is 35.8 Å². The van der Waals surface area contributed by atoms with E-state index in [-0.39, 0.29) is 22.3 Å². The highest BCUT2D eigenvalue weighted by molar-refractivity contribution is 6.15. The largest absolute Gasteiger partial charge is 0.469 e. The topological polar surface area (TPSA) is 158 Å². The Balaban J connectivity index is 2.04. The lowest BCUT2D eigenvalue weighted by Crippen LogP contribution is -2.92. The molecule has 2 saturated carbocycles. The summed E-state index contributed by atoms with van der Waals surface area (Å²) in [5, 5.41) is 0. The molecular formula is C22H22O12. The molecule has 0 radical (unpaired) electrons. The standard InChI is InChI=1S/C22H22O12/c1-29-15(23)7-8(16(24)30-2)12-11(7)21(19(27)33-5)13-9(17(25)31-3)10(18(26)32-4)14(13)22(12,21)20(28)34-6/h11-14H,1-6H3/t11-,12+,13+,14-,21?,22?. The van der Waals surface area contributed by atoms with Crippen LogP contribution in [0.3, 0.4) is 0 Å². The van der Waals surface area contributed by atoms with Gasteiger partial charge in [-0.25, -0.2) is 19.2 Å². The molecule has 12 nitrogen and oxygen atoms in total. The van der Waals surface area contributed by atoms with Crippen molar-refractivity contribution in [3.8, 4) is 0 Å². The Kier molecular flexibility index (Phi) is 5.11. The molecule has 6 atom stereocenters. The van der Waals surface area contributed by atoms with E-state index in [1.807, 2.05) is 0 Å².